The van der Waals surface area contributed by atoms with Crippen molar-refractivity contribution in [1.29, 1.82) is 0 Å². The van der Waals surface area contributed by atoms with Crippen LogP contribution in [0.4, 0.5) is 0 Å². The second-order valence-corrected chi connectivity index (χ2v) is 5.34. The Morgan fingerprint density at radius 2 is 1.76 bits per heavy atom. The molecule has 17 heavy (non-hydrogen) atoms. The second-order valence-electron chi connectivity index (χ2n) is 4.55. The molecule has 3 nitrogen and oxygen atoms in total. The lowest BCUT2D eigenvalue weighted by Crippen LogP contribution is -2.15. The Morgan fingerprint density at radius 3 is 2.47 bits per heavy atom. The Labute approximate surface area is 110 Å². The second kappa shape index (κ2) is 4.18. The maximum atomic E-state index is 5.83. The molecule has 4 heteroatoms. The fourth-order valence-electron chi connectivity index (χ4n) is 2.69. The number of rotatable bonds is 2. The van der Waals surface area contributed by atoms with Crippen LogP contribution in [-0.4, -0.2) is 20.3 Å². The van der Waals surface area contributed by atoms with Crippen LogP contribution in [0.3, 0.4) is 0 Å². The largest absolute Gasteiger partial charge is 0.493 e. The fourth-order valence-corrected chi connectivity index (χ4v) is 3.42. The highest BCUT2D eigenvalue weighted by Crippen LogP contribution is 2.48. The van der Waals surface area contributed by atoms with E-state index in [2.05, 4.69) is 28.2 Å². The van der Waals surface area contributed by atoms with Crippen molar-refractivity contribution in [2.45, 2.75) is 25.8 Å². The van der Waals surface area contributed by atoms with Crippen LogP contribution in [0, 0.1) is 0 Å². The van der Waals surface area contributed by atoms with Crippen molar-refractivity contribution in [1.82, 2.24) is 5.32 Å². The number of ether oxygens (including phenoxy) is 2. The maximum absolute atomic E-state index is 5.83. The molecular formula is C13H16BrNO2. The van der Waals surface area contributed by atoms with Crippen LogP contribution in [0.1, 0.15) is 29.7 Å². The molecule has 92 valence electrons. The van der Waals surface area contributed by atoms with E-state index in [1.807, 2.05) is 7.05 Å². The minimum atomic E-state index is 0.297. The average molecular weight is 298 g/mol. The van der Waals surface area contributed by atoms with Crippen LogP contribution >= 0.6 is 15.9 Å². The summed E-state index contributed by atoms with van der Waals surface area (Å²) in [6.07, 6.45) is 1.95. The summed E-state index contributed by atoms with van der Waals surface area (Å²) >= 11 is 3.66. The average Bonchev–Trinajstić information content (AvgIpc) is 2.96. The topological polar surface area (TPSA) is 30.5 Å². The van der Waals surface area contributed by atoms with Gasteiger partial charge in [-0.1, -0.05) is 0 Å². The minimum absolute atomic E-state index is 0.297. The van der Waals surface area contributed by atoms with Gasteiger partial charge in [-0.15, -0.1) is 0 Å². The van der Waals surface area contributed by atoms with Crippen molar-refractivity contribution in [2.75, 3.05) is 20.3 Å². The summed E-state index contributed by atoms with van der Waals surface area (Å²) in [5, 5.41) is 3.31. The van der Waals surface area contributed by atoms with Crippen LogP contribution < -0.4 is 14.8 Å². The Morgan fingerprint density at radius 1 is 1.12 bits per heavy atom. The molecule has 0 spiro atoms. The van der Waals surface area contributed by atoms with E-state index in [1.54, 1.807) is 0 Å². The summed E-state index contributed by atoms with van der Waals surface area (Å²) in [7, 11) is 1.98. The first-order chi connectivity index (χ1) is 8.24. The Balaban J connectivity index is 2.26. The smallest absolute Gasteiger partial charge is 0.137 e. The highest BCUT2D eigenvalue weighted by molar-refractivity contribution is 9.10. The van der Waals surface area contributed by atoms with E-state index in [4.69, 9.17) is 9.47 Å². The first-order valence-electron chi connectivity index (χ1n) is 6.04. The molecule has 3 rings (SSSR count). The van der Waals surface area contributed by atoms with Crippen LogP contribution in [0.15, 0.2) is 4.47 Å². The number of fused-ring (bicyclic) bond motifs is 2. The van der Waals surface area contributed by atoms with Gasteiger partial charge < -0.3 is 14.8 Å². The summed E-state index contributed by atoms with van der Waals surface area (Å²) in [5.74, 6) is 2.11. The fraction of sp³-hybridized carbons (Fsp3) is 0.538. The molecule has 0 aromatic heterocycles. The zero-order valence-electron chi connectivity index (χ0n) is 10.1. The Kier molecular flexibility index (Phi) is 2.79. The summed E-state index contributed by atoms with van der Waals surface area (Å²) in [4.78, 5) is 0. The highest BCUT2D eigenvalue weighted by atomic mass is 79.9. The molecule has 2 aliphatic heterocycles. The van der Waals surface area contributed by atoms with Gasteiger partial charge in [-0.05, 0) is 29.9 Å². The summed E-state index contributed by atoms with van der Waals surface area (Å²) in [6, 6.07) is 0.297. The van der Waals surface area contributed by atoms with Gasteiger partial charge in [0.2, 0.25) is 0 Å². The lowest BCUT2D eigenvalue weighted by atomic mass is 9.95. The first kappa shape index (κ1) is 11.4. The molecule has 1 aromatic rings. The number of nitrogens with one attached hydrogen (secondary N) is 1. The zero-order chi connectivity index (χ0) is 12.0. The molecule has 1 N–H and O–H groups in total. The molecule has 1 unspecified atom stereocenters. The molecule has 2 aliphatic rings. The molecular weight excluding hydrogens is 282 g/mol. The van der Waals surface area contributed by atoms with Crippen molar-refractivity contribution in [3.63, 3.8) is 0 Å². The van der Waals surface area contributed by atoms with Gasteiger partial charge in [0.25, 0.3) is 0 Å². The van der Waals surface area contributed by atoms with Crippen molar-refractivity contribution >= 4 is 15.9 Å². The van der Waals surface area contributed by atoms with Crippen molar-refractivity contribution in [2.24, 2.45) is 0 Å². The van der Waals surface area contributed by atoms with Gasteiger partial charge in [-0.2, -0.15) is 0 Å². The lowest BCUT2D eigenvalue weighted by molar-refractivity contribution is 0.349. The van der Waals surface area contributed by atoms with E-state index in [9.17, 15) is 0 Å². The zero-order valence-corrected chi connectivity index (χ0v) is 11.7. The molecule has 0 radical (unpaired) electrons. The predicted molar refractivity (Wildman–Crippen MR) is 70.0 cm³/mol. The van der Waals surface area contributed by atoms with Crippen molar-refractivity contribution in [3.8, 4) is 11.5 Å². The predicted octanol–water partition coefficient (Wildman–Crippen LogP) is 2.60. The Hall–Kier alpha value is -0.740. The highest BCUT2D eigenvalue weighted by Gasteiger charge is 2.31. The molecule has 0 amide bonds. The van der Waals surface area contributed by atoms with Crippen LogP contribution in [0.2, 0.25) is 0 Å². The van der Waals surface area contributed by atoms with E-state index < -0.39 is 0 Å². The SMILES string of the molecule is CNC(C)c1c2c(c(Br)c3c1OCC3)OCC2. The van der Waals surface area contributed by atoms with E-state index in [1.165, 1.54) is 16.7 Å². The third-order valence-corrected chi connectivity index (χ3v) is 4.48. The lowest BCUT2D eigenvalue weighted by Gasteiger charge is -2.19. The van der Waals surface area contributed by atoms with Gasteiger partial charge in [-0.3, -0.25) is 0 Å². The summed E-state index contributed by atoms with van der Waals surface area (Å²) < 4.78 is 12.7. The molecule has 0 saturated carbocycles. The van der Waals surface area contributed by atoms with Crippen molar-refractivity contribution < 1.29 is 9.47 Å². The summed E-state index contributed by atoms with van der Waals surface area (Å²) in [5.41, 5.74) is 3.86. The Bertz CT molecular complexity index is 438. The van der Waals surface area contributed by atoms with Gasteiger partial charge in [0.1, 0.15) is 11.5 Å². The van der Waals surface area contributed by atoms with E-state index in [0.717, 1.165) is 42.0 Å². The minimum Gasteiger partial charge on any atom is -0.493 e. The molecule has 1 atom stereocenters. The monoisotopic (exact) mass is 297 g/mol. The molecule has 0 fully saturated rings. The van der Waals surface area contributed by atoms with E-state index in [0.29, 0.717) is 6.04 Å². The number of halogens is 1. The van der Waals surface area contributed by atoms with E-state index >= 15 is 0 Å². The van der Waals surface area contributed by atoms with Gasteiger partial charge in [0, 0.05) is 35.6 Å². The first-order valence-corrected chi connectivity index (χ1v) is 6.83. The molecule has 0 saturated heterocycles. The molecule has 0 aliphatic carbocycles. The summed E-state index contributed by atoms with van der Waals surface area (Å²) in [6.45, 7) is 3.73. The molecule has 2 heterocycles. The third-order valence-electron chi connectivity index (χ3n) is 3.65. The van der Waals surface area contributed by atoms with Crippen molar-refractivity contribution in [3.05, 3.63) is 21.2 Å². The standard InChI is InChI=1S/C13H16BrNO2/c1-7(15-2)10-8-3-5-17-13(8)11(14)9-4-6-16-12(9)10/h7,15H,3-6H2,1-2H3. The third kappa shape index (κ3) is 1.58. The van der Waals surface area contributed by atoms with Gasteiger partial charge >= 0.3 is 0 Å². The maximum Gasteiger partial charge on any atom is 0.137 e. The van der Waals surface area contributed by atoms with Crippen LogP contribution in [-0.2, 0) is 12.8 Å². The number of benzene rings is 1. The number of hydrogen-bond acceptors (Lipinski definition) is 3. The normalized spacial score (nSPS) is 18.3. The van der Waals surface area contributed by atoms with Gasteiger partial charge in [0.15, 0.2) is 0 Å². The van der Waals surface area contributed by atoms with Gasteiger partial charge in [0.05, 0.1) is 17.7 Å². The molecule has 0 bridgehead atoms. The van der Waals surface area contributed by atoms with Gasteiger partial charge in [-0.25, -0.2) is 0 Å². The quantitative estimate of drug-likeness (QED) is 0.910. The van der Waals surface area contributed by atoms with Crippen LogP contribution in [0.25, 0.3) is 0 Å². The van der Waals surface area contributed by atoms with Crippen LogP contribution in [0.5, 0.6) is 11.5 Å². The molecule has 1 aromatic carbocycles. The number of hydrogen-bond donors (Lipinski definition) is 1. The van der Waals surface area contributed by atoms with E-state index in [-0.39, 0.29) is 0 Å².